The van der Waals surface area contributed by atoms with Crippen molar-refractivity contribution in [3.8, 4) is 5.88 Å². The number of ether oxygens (including phenoxy) is 1. The molecule has 0 aromatic carbocycles. The predicted molar refractivity (Wildman–Crippen MR) is 85.2 cm³/mol. The Balaban J connectivity index is 1.68. The monoisotopic (exact) mass is 333 g/mol. The molecule has 0 bridgehead atoms. The van der Waals surface area contributed by atoms with Crippen LogP contribution in [-0.2, 0) is 7.05 Å². The van der Waals surface area contributed by atoms with Crippen molar-refractivity contribution in [2.75, 3.05) is 25.1 Å². The second-order valence-corrected chi connectivity index (χ2v) is 5.66. The Bertz CT molecular complexity index is 784. The molecule has 9 heteroatoms. The molecule has 1 N–H and O–H groups in total. The van der Waals surface area contributed by atoms with E-state index >= 15 is 0 Å². The molecule has 0 saturated carbocycles. The second kappa shape index (κ2) is 6.73. The molecule has 1 aliphatic heterocycles. The van der Waals surface area contributed by atoms with Crippen molar-refractivity contribution in [2.45, 2.75) is 18.9 Å². The van der Waals surface area contributed by atoms with Crippen molar-refractivity contribution in [3.05, 3.63) is 34.6 Å². The van der Waals surface area contributed by atoms with E-state index in [4.69, 9.17) is 9.26 Å². The first-order valence-electron chi connectivity index (χ1n) is 7.66. The number of aromatic nitrogens is 3. The average molecular weight is 333 g/mol. The van der Waals surface area contributed by atoms with Crippen LogP contribution in [0.2, 0.25) is 0 Å². The van der Waals surface area contributed by atoms with E-state index in [1.54, 1.807) is 19.4 Å². The first-order valence-corrected chi connectivity index (χ1v) is 7.66. The Hall–Kier alpha value is -2.84. The fourth-order valence-electron chi connectivity index (χ4n) is 2.71. The molecule has 2 aromatic rings. The maximum atomic E-state index is 12.2. The van der Waals surface area contributed by atoms with Crippen molar-refractivity contribution in [3.63, 3.8) is 0 Å². The normalized spacial score (nSPS) is 17.6. The minimum atomic E-state index is -0.355. The highest BCUT2D eigenvalue weighted by Gasteiger charge is 2.25. The van der Waals surface area contributed by atoms with Gasteiger partial charge in [0.05, 0.1) is 13.2 Å². The molecule has 1 amide bonds. The summed E-state index contributed by atoms with van der Waals surface area (Å²) in [6.07, 6.45) is 4.89. The first-order chi connectivity index (χ1) is 11.6. The standard InChI is InChI=1S/C15H19N5O4/c1-19-7-5-16-13(15(19)22)20-6-3-4-10(9-20)17-14(21)11-8-12(23-2)18-24-11/h5,7-8,10H,3-4,6,9H2,1-2H3,(H,17,21)/t10-/m0/s1. The van der Waals surface area contributed by atoms with E-state index in [1.807, 2.05) is 4.90 Å². The van der Waals surface area contributed by atoms with Gasteiger partial charge in [0, 0.05) is 38.6 Å². The molecule has 0 unspecified atom stereocenters. The molecular weight excluding hydrogens is 314 g/mol. The summed E-state index contributed by atoms with van der Waals surface area (Å²) in [7, 11) is 3.14. The van der Waals surface area contributed by atoms with Crippen LogP contribution in [0.3, 0.4) is 0 Å². The van der Waals surface area contributed by atoms with Crippen molar-refractivity contribution >= 4 is 11.7 Å². The van der Waals surface area contributed by atoms with Gasteiger partial charge in [-0.05, 0) is 18.0 Å². The Labute approximate surface area is 138 Å². The molecule has 24 heavy (non-hydrogen) atoms. The van der Waals surface area contributed by atoms with Gasteiger partial charge in [0.2, 0.25) is 5.76 Å². The zero-order valence-electron chi connectivity index (χ0n) is 13.6. The number of hydrogen-bond donors (Lipinski definition) is 1. The van der Waals surface area contributed by atoms with Gasteiger partial charge < -0.3 is 24.0 Å². The molecule has 128 valence electrons. The quantitative estimate of drug-likeness (QED) is 0.851. The molecule has 1 saturated heterocycles. The number of amides is 1. The lowest BCUT2D eigenvalue weighted by Crippen LogP contribution is -2.49. The molecule has 1 aliphatic rings. The maximum absolute atomic E-state index is 12.2. The summed E-state index contributed by atoms with van der Waals surface area (Å²) in [6, 6.07) is 1.33. The number of aryl methyl sites for hydroxylation is 1. The summed E-state index contributed by atoms with van der Waals surface area (Å²) in [6.45, 7) is 1.25. The molecule has 9 nitrogen and oxygen atoms in total. The van der Waals surface area contributed by atoms with Crippen LogP contribution in [0.4, 0.5) is 5.82 Å². The highest BCUT2D eigenvalue weighted by Crippen LogP contribution is 2.16. The molecule has 0 radical (unpaired) electrons. The lowest BCUT2D eigenvalue weighted by Gasteiger charge is -2.33. The largest absolute Gasteiger partial charge is 0.479 e. The summed E-state index contributed by atoms with van der Waals surface area (Å²) < 4.78 is 11.3. The van der Waals surface area contributed by atoms with E-state index < -0.39 is 0 Å². The number of nitrogens with zero attached hydrogens (tertiary/aromatic N) is 4. The number of hydrogen-bond acceptors (Lipinski definition) is 7. The summed E-state index contributed by atoms with van der Waals surface area (Å²) in [4.78, 5) is 30.5. The average Bonchev–Trinajstić information content (AvgIpc) is 3.07. The van der Waals surface area contributed by atoms with E-state index in [2.05, 4.69) is 15.5 Å². The van der Waals surface area contributed by atoms with Gasteiger partial charge in [-0.25, -0.2) is 4.98 Å². The van der Waals surface area contributed by atoms with Crippen LogP contribution >= 0.6 is 0 Å². The number of nitrogens with one attached hydrogen (secondary N) is 1. The lowest BCUT2D eigenvalue weighted by molar-refractivity contribution is 0.0895. The highest BCUT2D eigenvalue weighted by atomic mass is 16.5. The van der Waals surface area contributed by atoms with Gasteiger partial charge >= 0.3 is 0 Å². The van der Waals surface area contributed by atoms with Crippen LogP contribution in [0, 0.1) is 0 Å². The number of carbonyl (C=O) groups excluding carboxylic acids is 1. The van der Waals surface area contributed by atoms with Gasteiger partial charge in [0.25, 0.3) is 17.3 Å². The Kier molecular flexibility index (Phi) is 4.50. The molecule has 3 rings (SSSR count). The van der Waals surface area contributed by atoms with Gasteiger partial charge in [-0.3, -0.25) is 9.59 Å². The van der Waals surface area contributed by atoms with E-state index in [0.717, 1.165) is 19.4 Å². The second-order valence-electron chi connectivity index (χ2n) is 5.66. The van der Waals surface area contributed by atoms with Gasteiger partial charge in [-0.15, -0.1) is 0 Å². The molecular formula is C15H19N5O4. The van der Waals surface area contributed by atoms with Crippen LogP contribution in [-0.4, -0.2) is 46.9 Å². The number of methoxy groups -OCH3 is 1. The number of rotatable bonds is 4. The Morgan fingerprint density at radius 2 is 2.33 bits per heavy atom. The van der Waals surface area contributed by atoms with Crippen LogP contribution < -0.4 is 20.5 Å². The van der Waals surface area contributed by atoms with Gasteiger partial charge in [0.15, 0.2) is 5.82 Å². The Morgan fingerprint density at radius 1 is 1.50 bits per heavy atom. The molecule has 0 aliphatic carbocycles. The molecule has 2 aromatic heterocycles. The summed E-state index contributed by atoms with van der Waals surface area (Å²) in [5, 5.41) is 6.51. The van der Waals surface area contributed by atoms with Gasteiger partial charge in [-0.1, -0.05) is 0 Å². The molecule has 1 fully saturated rings. The van der Waals surface area contributed by atoms with E-state index in [0.29, 0.717) is 12.4 Å². The van der Waals surface area contributed by atoms with Crippen molar-refractivity contribution in [2.24, 2.45) is 7.05 Å². The van der Waals surface area contributed by atoms with Crippen LogP contribution in [0.25, 0.3) is 0 Å². The Morgan fingerprint density at radius 3 is 3.08 bits per heavy atom. The third-order valence-electron chi connectivity index (χ3n) is 3.98. The summed E-state index contributed by atoms with van der Waals surface area (Å²) in [5.41, 5.74) is -0.149. The van der Waals surface area contributed by atoms with E-state index in [-0.39, 0.29) is 29.1 Å². The van der Waals surface area contributed by atoms with Crippen molar-refractivity contribution in [1.29, 1.82) is 0 Å². The third kappa shape index (κ3) is 3.24. The first kappa shape index (κ1) is 16.0. The van der Waals surface area contributed by atoms with Crippen molar-refractivity contribution < 1.29 is 14.1 Å². The lowest BCUT2D eigenvalue weighted by atomic mass is 10.1. The molecule has 1 atom stereocenters. The van der Waals surface area contributed by atoms with Crippen molar-refractivity contribution in [1.82, 2.24) is 20.0 Å². The van der Waals surface area contributed by atoms with E-state index in [9.17, 15) is 9.59 Å². The molecule has 0 spiro atoms. The van der Waals surface area contributed by atoms with Crippen LogP contribution in [0.5, 0.6) is 5.88 Å². The summed E-state index contributed by atoms with van der Waals surface area (Å²) in [5.74, 6) is 0.395. The topological polar surface area (TPSA) is 102 Å². The third-order valence-corrected chi connectivity index (χ3v) is 3.98. The number of piperidine rings is 1. The molecule has 3 heterocycles. The maximum Gasteiger partial charge on any atom is 0.293 e. The zero-order valence-corrected chi connectivity index (χ0v) is 13.6. The van der Waals surface area contributed by atoms with Crippen LogP contribution in [0.15, 0.2) is 27.8 Å². The van der Waals surface area contributed by atoms with Crippen LogP contribution in [0.1, 0.15) is 23.4 Å². The summed E-state index contributed by atoms with van der Waals surface area (Å²) >= 11 is 0. The SMILES string of the molecule is COc1cc(C(=O)N[C@H]2CCCN(c3nccn(C)c3=O)C2)on1. The highest BCUT2D eigenvalue weighted by molar-refractivity contribution is 5.91. The number of anilines is 1. The minimum absolute atomic E-state index is 0.0951. The van der Waals surface area contributed by atoms with Gasteiger partial charge in [0.1, 0.15) is 0 Å². The minimum Gasteiger partial charge on any atom is -0.479 e. The van der Waals surface area contributed by atoms with E-state index in [1.165, 1.54) is 17.7 Å². The number of carbonyl (C=O) groups is 1. The predicted octanol–water partition coefficient (Wildman–Crippen LogP) is 0.176. The zero-order chi connectivity index (χ0) is 17.1. The fraction of sp³-hybridized carbons (Fsp3) is 0.467. The van der Waals surface area contributed by atoms with Gasteiger partial charge in [-0.2, -0.15) is 0 Å². The smallest absolute Gasteiger partial charge is 0.293 e. The fourth-order valence-corrected chi connectivity index (χ4v) is 2.71.